The van der Waals surface area contributed by atoms with Crippen LogP contribution in [0.15, 0.2) is 23.8 Å². The SMILES string of the molecule is CCCCCCCC=CC=C(C)CO. The van der Waals surface area contributed by atoms with E-state index in [1.54, 1.807) is 0 Å². The molecular formula is C13H24O. The van der Waals surface area contributed by atoms with Gasteiger partial charge in [-0.1, -0.05) is 50.8 Å². The molecule has 0 bridgehead atoms. The van der Waals surface area contributed by atoms with Gasteiger partial charge in [-0.25, -0.2) is 0 Å². The number of hydrogen-bond acceptors (Lipinski definition) is 1. The van der Waals surface area contributed by atoms with E-state index in [1.165, 1.54) is 38.5 Å². The van der Waals surface area contributed by atoms with Crippen LogP contribution in [0.25, 0.3) is 0 Å². The topological polar surface area (TPSA) is 20.2 Å². The highest BCUT2D eigenvalue weighted by Crippen LogP contribution is 2.05. The van der Waals surface area contributed by atoms with Gasteiger partial charge in [-0.15, -0.1) is 0 Å². The summed E-state index contributed by atoms with van der Waals surface area (Å²) in [7, 11) is 0. The van der Waals surface area contributed by atoms with Crippen molar-refractivity contribution >= 4 is 0 Å². The summed E-state index contributed by atoms with van der Waals surface area (Å²) in [6.07, 6.45) is 14.1. The van der Waals surface area contributed by atoms with Crippen LogP contribution in [0.2, 0.25) is 0 Å². The van der Waals surface area contributed by atoms with Crippen LogP contribution in [0.3, 0.4) is 0 Å². The highest BCUT2D eigenvalue weighted by atomic mass is 16.3. The van der Waals surface area contributed by atoms with Crippen molar-refractivity contribution in [2.24, 2.45) is 0 Å². The summed E-state index contributed by atoms with van der Waals surface area (Å²) in [5.41, 5.74) is 1.02. The number of aliphatic hydroxyl groups is 1. The number of rotatable bonds is 8. The van der Waals surface area contributed by atoms with Crippen molar-refractivity contribution in [3.8, 4) is 0 Å². The van der Waals surface area contributed by atoms with Crippen molar-refractivity contribution < 1.29 is 5.11 Å². The minimum atomic E-state index is 0.167. The third-order valence-electron chi connectivity index (χ3n) is 2.24. The lowest BCUT2D eigenvalue weighted by Gasteiger charge is -1.95. The fourth-order valence-corrected chi connectivity index (χ4v) is 1.25. The van der Waals surface area contributed by atoms with E-state index in [0.29, 0.717) is 0 Å². The molecule has 0 saturated carbocycles. The molecule has 0 atom stereocenters. The summed E-state index contributed by atoms with van der Waals surface area (Å²) in [6.45, 7) is 4.34. The van der Waals surface area contributed by atoms with Crippen LogP contribution in [-0.2, 0) is 0 Å². The minimum absolute atomic E-state index is 0.167. The molecule has 0 fully saturated rings. The second kappa shape index (κ2) is 10.5. The molecular weight excluding hydrogens is 172 g/mol. The Labute approximate surface area is 88.5 Å². The van der Waals surface area contributed by atoms with E-state index in [9.17, 15) is 0 Å². The van der Waals surface area contributed by atoms with Gasteiger partial charge < -0.3 is 5.11 Å². The molecule has 0 radical (unpaired) electrons. The average molecular weight is 196 g/mol. The first-order valence-corrected chi connectivity index (χ1v) is 5.74. The molecule has 0 aromatic heterocycles. The van der Waals surface area contributed by atoms with Crippen molar-refractivity contribution in [1.82, 2.24) is 0 Å². The van der Waals surface area contributed by atoms with E-state index in [2.05, 4.69) is 13.0 Å². The molecule has 0 spiro atoms. The molecule has 0 aliphatic carbocycles. The fraction of sp³-hybridized carbons (Fsp3) is 0.692. The molecule has 0 aromatic carbocycles. The quantitative estimate of drug-likeness (QED) is 0.462. The molecule has 0 amide bonds. The third kappa shape index (κ3) is 9.53. The number of hydrogen-bond donors (Lipinski definition) is 1. The van der Waals surface area contributed by atoms with E-state index >= 15 is 0 Å². The Morgan fingerprint density at radius 1 is 1.14 bits per heavy atom. The molecule has 0 aliphatic rings. The van der Waals surface area contributed by atoms with E-state index in [0.717, 1.165) is 5.57 Å². The number of allylic oxidation sites excluding steroid dienone is 3. The minimum Gasteiger partial charge on any atom is -0.392 e. The van der Waals surface area contributed by atoms with Crippen molar-refractivity contribution in [3.63, 3.8) is 0 Å². The summed E-state index contributed by atoms with van der Waals surface area (Å²) < 4.78 is 0. The molecule has 0 heterocycles. The van der Waals surface area contributed by atoms with Gasteiger partial charge in [0.05, 0.1) is 6.61 Å². The Morgan fingerprint density at radius 2 is 1.86 bits per heavy atom. The molecule has 14 heavy (non-hydrogen) atoms. The maximum absolute atomic E-state index is 8.73. The first-order valence-electron chi connectivity index (χ1n) is 5.74. The van der Waals surface area contributed by atoms with Crippen molar-refractivity contribution in [3.05, 3.63) is 23.8 Å². The van der Waals surface area contributed by atoms with Gasteiger partial charge in [-0.3, -0.25) is 0 Å². The number of unbranched alkanes of at least 4 members (excludes halogenated alkanes) is 5. The lowest BCUT2D eigenvalue weighted by atomic mass is 10.1. The largest absolute Gasteiger partial charge is 0.392 e. The standard InChI is InChI=1S/C13H24O/c1-3-4-5-6-7-8-9-10-11-13(2)12-14/h9-11,14H,3-8,12H2,1-2H3. The number of aliphatic hydroxyl groups excluding tert-OH is 1. The van der Waals surface area contributed by atoms with Crippen LogP contribution in [-0.4, -0.2) is 11.7 Å². The predicted octanol–water partition coefficient (Wildman–Crippen LogP) is 3.84. The first-order chi connectivity index (χ1) is 6.81. The van der Waals surface area contributed by atoms with Crippen molar-refractivity contribution in [2.75, 3.05) is 6.61 Å². The average Bonchev–Trinajstić information content (AvgIpc) is 2.21. The summed E-state index contributed by atoms with van der Waals surface area (Å²) in [6, 6.07) is 0. The Bertz CT molecular complexity index is 168. The molecule has 1 N–H and O–H groups in total. The fourth-order valence-electron chi connectivity index (χ4n) is 1.25. The molecule has 0 aromatic rings. The van der Waals surface area contributed by atoms with Crippen LogP contribution in [0.4, 0.5) is 0 Å². The van der Waals surface area contributed by atoms with E-state index in [1.807, 2.05) is 19.1 Å². The zero-order chi connectivity index (χ0) is 10.6. The van der Waals surface area contributed by atoms with Gasteiger partial charge in [0.15, 0.2) is 0 Å². The van der Waals surface area contributed by atoms with Crippen LogP contribution >= 0.6 is 0 Å². The highest BCUT2D eigenvalue weighted by molar-refractivity contribution is 5.10. The predicted molar refractivity (Wildman–Crippen MR) is 63.4 cm³/mol. The molecule has 1 nitrogen and oxygen atoms in total. The smallest absolute Gasteiger partial charge is 0.0642 e. The van der Waals surface area contributed by atoms with Crippen molar-refractivity contribution in [2.45, 2.75) is 52.4 Å². The lowest BCUT2D eigenvalue weighted by Crippen LogP contribution is -1.81. The van der Waals surface area contributed by atoms with Gasteiger partial charge in [-0.05, 0) is 25.3 Å². The zero-order valence-electron chi connectivity index (χ0n) is 9.63. The monoisotopic (exact) mass is 196 g/mol. The van der Waals surface area contributed by atoms with E-state index in [-0.39, 0.29) is 6.61 Å². The molecule has 1 heteroatoms. The summed E-state index contributed by atoms with van der Waals surface area (Å²) in [5.74, 6) is 0. The van der Waals surface area contributed by atoms with Crippen LogP contribution in [0, 0.1) is 0 Å². The first kappa shape index (κ1) is 13.4. The Hall–Kier alpha value is -0.560. The van der Waals surface area contributed by atoms with Gasteiger partial charge in [0, 0.05) is 0 Å². The summed E-state index contributed by atoms with van der Waals surface area (Å²) in [5, 5.41) is 8.73. The maximum atomic E-state index is 8.73. The molecule has 0 saturated heterocycles. The van der Waals surface area contributed by atoms with Gasteiger partial charge in [0.1, 0.15) is 0 Å². The van der Waals surface area contributed by atoms with Gasteiger partial charge in [0.25, 0.3) is 0 Å². The van der Waals surface area contributed by atoms with Crippen LogP contribution in [0.1, 0.15) is 52.4 Å². The van der Waals surface area contributed by atoms with Gasteiger partial charge in [-0.2, -0.15) is 0 Å². The molecule has 82 valence electrons. The van der Waals surface area contributed by atoms with Crippen LogP contribution < -0.4 is 0 Å². The Morgan fingerprint density at radius 3 is 2.50 bits per heavy atom. The van der Waals surface area contributed by atoms with Gasteiger partial charge >= 0.3 is 0 Å². The third-order valence-corrected chi connectivity index (χ3v) is 2.24. The Balaban J connectivity index is 3.27. The molecule has 0 rings (SSSR count). The van der Waals surface area contributed by atoms with Gasteiger partial charge in [0.2, 0.25) is 0 Å². The van der Waals surface area contributed by atoms with Crippen LogP contribution in [0.5, 0.6) is 0 Å². The lowest BCUT2D eigenvalue weighted by molar-refractivity contribution is 0.331. The Kier molecular flexibility index (Phi) is 10.1. The zero-order valence-corrected chi connectivity index (χ0v) is 9.63. The van der Waals surface area contributed by atoms with Crippen molar-refractivity contribution in [1.29, 1.82) is 0 Å². The highest BCUT2D eigenvalue weighted by Gasteiger charge is 1.86. The normalized spacial score (nSPS) is 12.6. The molecule has 0 aliphatic heterocycles. The summed E-state index contributed by atoms with van der Waals surface area (Å²) >= 11 is 0. The summed E-state index contributed by atoms with van der Waals surface area (Å²) in [4.78, 5) is 0. The second-order valence-electron chi connectivity index (χ2n) is 3.80. The van der Waals surface area contributed by atoms with E-state index < -0.39 is 0 Å². The second-order valence-corrected chi connectivity index (χ2v) is 3.80. The van der Waals surface area contributed by atoms with E-state index in [4.69, 9.17) is 5.11 Å². The maximum Gasteiger partial charge on any atom is 0.0642 e. The molecule has 0 unspecified atom stereocenters.